The number of carbonyl (C=O) groups excluding carboxylic acids is 2. The Hall–Kier alpha value is -2.67. The van der Waals surface area contributed by atoms with Crippen LogP contribution in [0.15, 0.2) is 47.4 Å². The molecule has 0 fully saturated rings. The second kappa shape index (κ2) is 6.25. The average molecular weight is 371 g/mol. The van der Waals surface area contributed by atoms with Crippen molar-refractivity contribution in [1.29, 1.82) is 0 Å². The van der Waals surface area contributed by atoms with E-state index in [4.69, 9.17) is 5.73 Å². The lowest BCUT2D eigenvalue weighted by Crippen LogP contribution is -2.44. The first-order valence-electron chi connectivity index (χ1n) is 8.04. The number of hydrogen-bond acceptors (Lipinski definition) is 5. The molecule has 0 aliphatic carbocycles. The molecule has 2 aromatic rings. The minimum Gasteiger partial charge on any atom is -0.378 e. The molecule has 0 spiro atoms. The third-order valence-electron chi connectivity index (χ3n) is 4.91. The highest BCUT2D eigenvalue weighted by Crippen LogP contribution is 2.44. The monoisotopic (exact) mass is 371 g/mol. The fourth-order valence-corrected chi connectivity index (χ4v) is 4.02. The summed E-state index contributed by atoms with van der Waals surface area (Å²) >= 11 is 0. The number of benzene rings is 2. The lowest BCUT2D eigenvalue weighted by atomic mass is 9.71. The van der Waals surface area contributed by atoms with Gasteiger partial charge in [-0.2, -0.15) is 0 Å². The van der Waals surface area contributed by atoms with Gasteiger partial charge in [0.1, 0.15) is 0 Å². The first kappa shape index (κ1) is 18.1. The number of sulfone groups is 1. The van der Waals surface area contributed by atoms with Crippen molar-refractivity contribution in [2.24, 2.45) is 5.73 Å². The van der Waals surface area contributed by atoms with Crippen LogP contribution in [0.4, 0.5) is 5.69 Å². The van der Waals surface area contributed by atoms with Gasteiger partial charge in [-0.15, -0.1) is 0 Å². The van der Waals surface area contributed by atoms with Gasteiger partial charge in [0.25, 0.3) is 0 Å². The van der Waals surface area contributed by atoms with E-state index in [0.717, 1.165) is 11.8 Å². The van der Waals surface area contributed by atoms with Gasteiger partial charge in [-0.3, -0.25) is 9.59 Å². The van der Waals surface area contributed by atoms with Crippen molar-refractivity contribution in [2.75, 3.05) is 11.6 Å². The molecule has 1 heterocycles. The minimum atomic E-state index is -3.34. The molecule has 1 radical (unpaired) electrons. The van der Waals surface area contributed by atoms with Gasteiger partial charge in [-0.1, -0.05) is 12.1 Å². The molecule has 0 saturated carbocycles. The topological polar surface area (TPSA) is 106 Å². The van der Waals surface area contributed by atoms with Gasteiger partial charge in [0.2, 0.25) is 12.2 Å². The van der Waals surface area contributed by atoms with Crippen molar-refractivity contribution in [3.05, 3.63) is 59.2 Å². The SMILES string of the molecule is CC1(C(N)=O)CC(c2cccc(S(C)(=O)=O)c2)Nc2ccc([C]=O)cc21. The van der Waals surface area contributed by atoms with Crippen LogP contribution in [0.1, 0.15) is 36.1 Å². The third kappa shape index (κ3) is 3.10. The summed E-state index contributed by atoms with van der Waals surface area (Å²) in [5, 5.41) is 3.32. The van der Waals surface area contributed by atoms with Crippen LogP contribution in [0.2, 0.25) is 0 Å². The summed E-state index contributed by atoms with van der Waals surface area (Å²) in [5.74, 6) is -0.507. The van der Waals surface area contributed by atoms with Gasteiger partial charge in [0.15, 0.2) is 9.84 Å². The van der Waals surface area contributed by atoms with E-state index in [2.05, 4.69) is 5.32 Å². The molecule has 7 heteroatoms. The van der Waals surface area contributed by atoms with Crippen LogP contribution in [0, 0.1) is 0 Å². The first-order chi connectivity index (χ1) is 12.1. The van der Waals surface area contributed by atoms with Gasteiger partial charge >= 0.3 is 0 Å². The zero-order valence-electron chi connectivity index (χ0n) is 14.4. The Kier molecular flexibility index (Phi) is 4.36. The number of nitrogens with one attached hydrogen (secondary N) is 1. The first-order valence-corrected chi connectivity index (χ1v) is 9.93. The second-order valence-electron chi connectivity index (χ2n) is 6.80. The fraction of sp³-hybridized carbons (Fsp3) is 0.263. The van der Waals surface area contributed by atoms with Crippen molar-refractivity contribution in [1.82, 2.24) is 0 Å². The summed E-state index contributed by atoms with van der Waals surface area (Å²) in [6, 6.07) is 11.3. The standard InChI is InChI=1S/C19H19N2O4S/c1-19(18(20)23)10-17(13-4-3-5-14(9-13)26(2,24)25)21-16-7-6-12(11-22)8-15(16)19/h3-9,17,21H,10H2,1-2H3,(H2,20,23). The normalized spacial score (nSPS) is 22.2. The molecule has 1 amide bonds. The van der Waals surface area contributed by atoms with Crippen molar-refractivity contribution < 1.29 is 18.0 Å². The summed E-state index contributed by atoms with van der Waals surface area (Å²) in [6.45, 7) is 1.73. The number of carbonyl (C=O) groups is 1. The molecule has 2 unspecified atom stereocenters. The fourth-order valence-electron chi connectivity index (χ4n) is 3.34. The third-order valence-corrected chi connectivity index (χ3v) is 6.02. The molecular formula is C19H19N2O4S. The lowest BCUT2D eigenvalue weighted by Gasteiger charge is -2.39. The van der Waals surface area contributed by atoms with E-state index in [1.165, 1.54) is 6.07 Å². The molecule has 3 rings (SSSR count). The molecule has 1 aliphatic rings. The van der Waals surface area contributed by atoms with Crippen LogP contribution in [0.5, 0.6) is 0 Å². The molecule has 0 aromatic heterocycles. The molecular weight excluding hydrogens is 352 g/mol. The van der Waals surface area contributed by atoms with Crippen LogP contribution in [0.25, 0.3) is 0 Å². The van der Waals surface area contributed by atoms with Crippen LogP contribution >= 0.6 is 0 Å². The van der Waals surface area contributed by atoms with Crippen molar-refractivity contribution in [3.63, 3.8) is 0 Å². The molecule has 2 atom stereocenters. The lowest BCUT2D eigenvalue weighted by molar-refractivity contribution is -0.123. The van der Waals surface area contributed by atoms with E-state index in [1.54, 1.807) is 37.3 Å². The average Bonchev–Trinajstić information content (AvgIpc) is 2.60. The highest BCUT2D eigenvalue weighted by Gasteiger charge is 2.42. The summed E-state index contributed by atoms with van der Waals surface area (Å²) in [4.78, 5) is 23.4. The quantitative estimate of drug-likeness (QED) is 0.853. The van der Waals surface area contributed by atoms with Gasteiger partial charge in [-0.25, -0.2) is 8.42 Å². The van der Waals surface area contributed by atoms with E-state index in [9.17, 15) is 18.0 Å². The van der Waals surface area contributed by atoms with E-state index >= 15 is 0 Å². The maximum atomic E-state index is 12.2. The Morgan fingerprint density at radius 2 is 2.00 bits per heavy atom. The Morgan fingerprint density at radius 1 is 1.27 bits per heavy atom. The summed E-state index contributed by atoms with van der Waals surface area (Å²) in [7, 11) is -3.34. The summed E-state index contributed by atoms with van der Waals surface area (Å²) < 4.78 is 23.7. The molecule has 2 aromatic carbocycles. The molecule has 26 heavy (non-hydrogen) atoms. The van der Waals surface area contributed by atoms with Crippen molar-refractivity contribution in [2.45, 2.75) is 29.7 Å². The Morgan fingerprint density at radius 3 is 2.62 bits per heavy atom. The largest absolute Gasteiger partial charge is 0.378 e. The molecule has 6 nitrogen and oxygen atoms in total. The van der Waals surface area contributed by atoms with Gasteiger partial charge in [-0.05, 0) is 54.8 Å². The van der Waals surface area contributed by atoms with Crippen LogP contribution in [-0.2, 0) is 24.8 Å². The van der Waals surface area contributed by atoms with Crippen LogP contribution < -0.4 is 11.1 Å². The predicted molar refractivity (Wildman–Crippen MR) is 98.3 cm³/mol. The number of anilines is 1. The van der Waals surface area contributed by atoms with Gasteiger partial charge in [0.05, 0.1) is 16.4 Å². The highest BCUT2D eigenvalue weighted by molar-refractivity contribution is 7.90. The minimum absolute atomic E-state index is 0.217. The van der Waals surface area contributed by atoms with Gasteiger partial charge in [0, 0.05) is 17.5 Å². The highest BCUT2D eigenvalue weighted by atomic mass is 32.2. The second-order valence-corrected chi connectivity index (χ2v) is 8.82. The van der Waals surface area contributed by atoms with Crippen molar-refractivity contribution >= 4 is 27.7 Å². The molecule has 0 bridgehead atoms. The Balaban J connectivity index is 2.10. The number of rotatable bonds is 4. The maximum absolute atomic E-state index is 12.2. The van der Waals surface area contributed by atoms with E-state index in [-0.39, 0.29) is 10.9 Å². The Labute approximate surface area is 152 Å². The maximum Gasteiger partial charge on any atom is 0.233 e. The number of nitrogens with two attached hydrogens (primary N) is 1. The van der Waals surface area contributed by atoms with Crippen molar-refractivity contribution in [3.8, 4) is 0 Å². The Bertz CT molecular complexity index is 1000. The number of fused-ring (bicyclic) bond motifs is 1. The van der Waals surface area contributed by atoms with Crippen LogP contribution in [-0.4, -0.2) is 26.9 Å². The predicted octanol–water partition coefficient (Wildman–Crippen LogP) is 1.85. The molecule has 1 aliphatic heterocycles. The number of primary amides is 1. The van der Waals surface area contributed by atoms with Crippen LogP contribution in [0.3, 0.4) is 0 Å². The number of hydrogen-bond donors (Lipinski definition) is 2. The zero-order valence-corrected chi connectivity index (χ0v) is 15.3. The van der Waals surface area contributed by atoms with Gasteiger partial charge < -0.3 is 11.1 Å². The van der Waals surface area contributed by atoms with E-state index in [0.29, 0.717) is 23.2 Å². The zero-order chi connectivity index (χ0) is 19.1. The molecule has 3 N–H and O–H groups in total. The summed E-state index contributed by atoms with van der Waals surface area (Å²) in [5.41, 5.74) is 7.10. The number of amides is 1. The smallest absolute Gasteiger partial charge is 0.233 e. The molecule has 135 valence electrons. The summed E-state index contributed by atoms with van der Waals surface area (Å²) in [6.07, 6.45) is 3.32. The molecule has 0 saturated heterocycles. The van der Waals surface area contributed by atoms with E-state index in [1.807, 2.05) is 12.4 Å². The van der Waals surface area contributed by atoms with E-state index < -0.39 is 21.2 Å².